The number of β-amino-alcohol motifs (C(OH)–C–C–N with tert-alkyl or cyclic N) is 1. The quantitative estimate of drug-likeness (QED) is 0.900. The normalized spacial score (nSPS) is 18.0. The van der Waals surface area contributed by atoms with E-state index in [1.54, 1.807) is 19.1 Å². The van der Waals surface area contributed by atoms with Gasteiger partial charge in [0.25, 0.3) is 0 Å². The first-order valence-corrected chi connectivity index (χ1v) is 8.26. The lowest BCUT2D eigenvalue weighted by atomic mass is 10.1. The van der Waals surface area contributed by atoms with E-state index in [4.69, 9.17) is 9.63 Å². The standard InChI is InChI=1S/C17H23FN4O2/c1-12-3-4-14(11-15(12)18)16-19-17(24-20-16)13(2)22-7-5-21(6-8-22)9-10-23/h3-4,11,13,23H,5-10H2,1-2H3/t13-/m1/s1. The van der Waals surface area contributed by atoms with Crippen LogP contribution in [0.1, 0.15) is 24.4 Å². The Morgan fingerprint density at radius 2 is 2.04 bits per heavy atom. The van der Waals surface area contributed by atoms with Gasteiger partial charge in [0.15, 0.2) is 0 Å². The van der Waals surface area contributed by atoms with Crippen LogP contribution in [0.25, 0.3) is 11.4 Å². The number of hydrogen-bond acceptors (Lipinski definition) is 6. The molecule has 6 nitrogen and oxygen atoms in total. The van der Waals surface area contributed by atoms with E-state index >= 15 is 0 Å². The molecule has 2 aromatic rings. The minimum atomic E-state index is -0.271. The molecule has 0 amide bonds. The number of aryl methyl sites for hydroxylation is 1. The molecule has 0 aliphatic carbocycles. The van der Waals surface area contributed by atoms with E-state index < -0.39 is 0 Å². The number of halogens is 1. The Morgan fingerprint density at radius 1 is 1.29 bits per heavy atom. The van der Waals surface area contributed by atoms with Crippen molar-refractivity contribution in [2.45, 2.75) is 19.9 Å². The third-order valence-corrected chi connectivity index (χ3v) is 4.60. The number of piperazine rings is 1. The summed E-state index contributed by atoms with van der Waals surface area (Å²) < 4.78 is 19.1. The monoisotopic (exact) mass is 334 g/mol. The Kier molecular flexibility index (Phi) is 5.23. The van der Waals surface area contributed by atoms with Gasteiger partial charge >= 0.3 is 0 Å². The Hall–Kier alpha value is -1.83. The molecule has 0 unspecified atom stereocenters. The summed E-state index contributed by atoms with van der Waals surface area (Å²) in [5, 5.41) is 13.0. The van der Waals surface area contributed by atoms with Gasteiger partial charge in [-0.3, -0.25) is 9.80 Å². The fraction of sp³-hybridized carbons (Fsp3) is 0.529. The summed E-state index contributed by atoms with van der Waals surface area (Å²) >= 11 is 0. The first kappa shape index (κ1) is 17.0. The molecular weight excluding hydrogens is 311 g/mol. The fourth-order valence-electron chi connectivity index (χ4n) is 2.93. The lowest BCUT2D eigenvalue weighted by Gasteiger charge is -2.36. The number of aliphatic hydroxyl groups excluding tert-OH is 1. The van der Waals surface area contributed by atoms with Gasteiger partial charge in [-0.2, -0.15) is 4.98 Å². The number of aromatic nitrogens is 2. The van der Waals surface area contributed by atoms with Crippen molar-refractivity contribution in [1.29, 1.82) is 0 Å². The molecule has 1 aliphatic rings. The average molecular weight is 334 g/mol. The highest BCUT2D eigenvalue weighted by Crippen LogP contribution is 2.24. The van der Waals surface area contributed by atoms with Crippen LogP contribution in [0, 0.1) is 12.7 Å². The van der Waals surface area contributed by atoms with Gasteiger partial charge in [-0.25, -0.2) is 4.39 Å². The molecule has 1 atom stereocenters. The van der Waals surface area contributed by atoms with Crippen molar-refractivity contribution in [3.63, 3.8) is 0 Å². The van der Waals surface area contributed by atoms with Crippen LogP contribution >= 0.6 is 0 Å². The summed E-state index contributed by atoms with van der Waals surface area (Å²) in [6.45, 7) is 8.26. The summed E-state index contributed by atoms with van der Waals surface area (Å²) in [5.41, 5.74) is 1.21. The molecule has 1 fully saturated rings. The summed E-state index contributed by atoms with van der Waals surface area (Å²) in [6, 6.07) is 4.95. The lowest BCUT2D eigenvalue weighted by molar-refractivity contribution is 0.0776. The van der Waals surface area contributed by atoms with Crippen LogP contribution in [-0.2, 0) is 0 Å². The highest BCUT2D eigenvalue weighted by molar-refractivity contribution is 5.54. The van der Waals surface area contributed by atoms with Crippen LogP contribution in [0.4, 0.5) is 4.39 Å². The third kappa shape index (κ3) is 3.63. The molecule has 1 N–H and O–H groups in total. The fourth-order valence-corrected chi connectivity index (χ4v) is 2.93. The van der Waals surface area contributed by atoms with Crippen molar-refractivity contribution in [3.8, 4) is 11.4 Å². The van der Waals surface area contributed by atoms with Crippen molar-refractivity contribution in [2.75, 3.05) is 39.3 Å². The third-order valence-electron chi connectivity index (χ3n) is 4.60. The summed E-state index contributed by atoms with van der Waals surface area (Å²) in [4.78, 5) is 8.95. The smallest absolute Gasteiger partial charge is 0.244 e. The van der Waals surface area contributed by atoms with Gasteiger partial charge in [0.05, 0.1) is 12.6 Å². The number of aliphatic hydroxyl groups is 1. The molecule has 0 saturated carbocycles. The second kappa shape index (κ2) is 7.38. The van der Waals surface area contributed by atoms with E-state index in [0.29, 0.717) is 29.4 Å². The van der Waals surface area contributed by atoms with Gasteiger partial charge < -0.3 is 9.63 Å². The van der Waals surface area contributed by atoms with E-state index in [2.05, 4.69) is 19.9 Å². The summed E-state index contributed by atoms with van der Waals surface area (Å²) in [5.74, 6) is 0.683. The highest BCUT2D eigenvalue weighted by Gasteiger charge is 2.25. The van der Waals surface area contributed by atoms with Gasteiger partial charge in [-0.05, 0) is 25.5 Å². The molecule has 130 valence electrons. The van der Waals surface area contributed by atoms with Crippen molar-refractivity contribution in [1.82, 2.24) is 19.9 Å². The second-order valence-corrected chi connectivity index (χ2v) is 6.20. The molecule has 0 spiro atoms. The summed E-state index contributed by atoms with van der Waals surface area (Å²) in [7, 11) is 0. The zero-order chi connectivity index (χ0) is 17.1. The molecule has 3 rings (SSSR count). The maximum atomic E-state index is 13.7. The number of hydrogen-bond donors (Lipinski definition) is 1. The molecule has 24 heavy (non-hydrogen) atoms. The van der Waals surface area contributed by atoms with Crippen LogP contribution in [0.5, 0.6) is 0 Å². The van der Waals surface area contributed by atoms with Gasteiger partial charge in [-0.1, -0.05) is 17.3 Å². The van der Waals surface area contributed by atoms with Crippen LogP contribution in [0.3, 0.4) is 0 Å². The topological polar surface area (TPSA) is 65.6 Å². The Bertz CT molecular complexity index is 683. The van der Waals surface area contributed by atoms with E-state index in [0.717, 1.165) is 26.2 Å². The van der Waals surface area contributed by atoms with Gasteiger partial charge in [0.1, 0.15) is 5.82 Å². The van der Waals surface area contributed by atoms with Crippen LogP contribution in [-0.4, -0.2) is 64.4 Å². The first-order valence-electron chi connectivity index (χ1n) is 8.26. The van der Waals surface area contributed by atoms with Crippen molar-refractivity contribution in [2.24, 2.45) is 0 Å². The van der Waals surface area contributed by atoms with Crippen molar-refractivity contribution in [3.05, 3.63) is 35.5 Å². The number of benzene rings is 1. The zero-order valence-electron chi connectivity index (χ0n) is 14.1. The van der Waals surface area contributed by atoms with Crippen LogP contribution in [0.15, 0.2) is 22.7 Å². The molecule has 1 aromatic heterocycles. The zero-order valence-corrected chi connectivity index (χ0v) is 14.1. The van der Waals surface area contributed by atoms with Gasteiger partial charge in [0, 0.05) is 38.3 Å². The highest BCUT2D eigenvalue weighted by atomic mass is 19.1. The molecule has 2 heterocycles. The molecular formula is C17H23FN4O2. The maximum Gasteiger partial charge on any atom is 0.244 e. The largest absolute Gasteiger partial charge is 0.395 e. The van der Waals surface area contributed by atoms with E-state index in [9.17, 15) is 4.39 Å². The molecule has 0 bridgehead atoms. The Balaban J connectivity index is 1.68. The lowest BCUT2D eigenvalue weighted by Crippen LogP contribution is -2.47. The maximum absolute atomic E-state index is 13.7. The Labute approximate surface area is 140 Å². The van der Waals surface area contributed by atoms with Crippen molar-refractivity contribution < 1.29 is 14.0 Å². The van der Waals surface area contributed by atoms with Crippen LogP contribution in [0.2, 0.25) is 0 Å². The number of rotatable bonds is 5. The SMILES string of the molecule is Cc1ccc(-c2noc([C@@H](C)N3CCN(CCO)CC3)n2)cc1F. The average Bonchev–Trinajstić information content (AvgIpc) is 3.08. The van der Waals surface area contributed by atoms with E-state index in [-0.39, 0.29) is 18.5 Å². The van der Waals surface area contributed by atoms with E-state index in [1.165, 1.54) is 6.07 Å². The van der Waals surface area contributed by atoms with Gasteiger partial charge in [0.2, 0.25) is 11.7 Å². The molecule has 7 heteroatoms. The summed E-state index contributed by atoms with van der Waals surface area (Å²) in [6.07, 6.45) is 0. The first-order chi connectivity index (χ1) is 11.6. The molecule has 1 aliphatic heterocycles. The Morgan fingerprint density at radius 3 is 2.71 bits per heavy atom. The van der Waals surface area contributed by atoms with E-state index in [1.807, 2.05) is 6.92 Å². The van der Waals surface area contributed by atoms with Crippen molar-refractivity contribution >= 4 is 0 Å². The molecule has 1 saturated heterocycles. The van der Waals surface area contributed by atoms with Gasteiger partial charge in [-0.15, -0.1) is 0 Å². The van der Waals surface area contributed by atoms with Crippen LogP contribution < -0.4 is 0 Å². The predicted octanol–water partition coefficient (Wildman–Crippen LogP) is 1.86. The minimum absolute atomic E-state index is 0.0119. The number of nitrogens with zero attached hydrogens (tertiary/aromatic N) is 4. The minimum Gasteiger partial charge on any atom is -0.395 e. The predicted molar refractivity (Wildman–Crippen MR) is 87.9 cm³/mol. The second-order valence-electron chi connectivity index (χ2n) is 6.20. The molecule has 0 radical (unpaired) electrons. The molecule has 1 aromatic carbocycles.